The van der Waals surface area contributed by atoms with Gasteiger partial charge in [-0.2, -0.15) is 13.2 Å². The molecule has 7 nitrogen and oxygen atoms in total. The van der Waals surface area contributed by atoms with Gasteiger partial charge in [0, 0.05) is 61.8 Å². The molecule has 1 N–H and O–H groups in total. The number of hydrogen-bond acceptors (Lipinski definition) is 4. The third-order valence-corrected chi connectivity index (χ3v) is 6.75. The summed E-state index contributed by atoms with van der Waals surface area (Å²) >= 11 is 0. The quantitative estimate of drug-likeness (QED) is 0.529. The second-order valence-corrected chi connectivity index (χ2v) is 9.72. The van der Waals surface area contributed by atoms with Crippen LogP contribution < -0.4 is 5.32 Å². The number of anilines is 1. The van der Waals surface area contributed by atoms with E-state index >= 15 is 0 Å². The van der Waals surface area contributed by atoms with Crippen molar-refractivity contribution in [1.29, 1.82) is 0 Å². The van der Waals surface area contributed by atoms with Gasteiger partial charge in [-0.25, -0.2) is 4.98 Å². The average molecular weight is 512 g/mol. The Bertz CT molecular complexity index is 1290. The summed E-state index contributed by atoms with van der Waals surface area (Å²) in [6.45, 7) is 5.51. The molecule has 2 heterocycles. The summed E-state index contributed by atoms with van der Waals surface area (Å²) in [7, 11) is 0. The van der Waals surface area contributed by atoms with E-state index in [1.165, 1.54) is 17.0 Å². The molecule has 1 saturated heterocycles. The first-order valence-corrected chi connectivity index (χ1v) is 12.3. The summed E-state index contributed by atoms with van der Waals surface area (Å²) in [5, 5.41) is 2.60. The Morgan fingerprint density at radius 2 is 1.73 bits per heavy atom. The lowest BCUT2D eigenvalue weighted by Gasteiger charge is -2.35. The first-order valence-electron chi connectivity index (χ1n) is 12.3. The molecular weight excluding hydrogens is 483 g/mol. The number of carbonyl (C=O) groups is 2. The fraction of sp³-hybridized carbons (Fsp3) is 0.370. The number of hydrogen-bond donors (Lipinski definition) is 1. The highest BCUT2D eigenvalue weighted by atomic mass is 19.4. The van der Waals surface area contributed by atoms with Crippen molar-refractivity contribution in [1.82, 2.24) is 19.4 Å². The van der Waals surface area contributed by atoms with Gasteiger partial charge in [-0.1, -0.05) is 12.1 Å². The molecule has 2 aliphatic rings. The normalized spacial score (nSPS) is 16.6. The summed E-state index contributed by atoms with van der Waals surface area (Å²) in [4.78, 5) is 33.3. The molecule has 2 fully saturated rings. The second-order valence-electron chi connectivity index (χ2n) is 9.72. The molecule has 1 aliphatic carbocycles. The van der Waals surface area contributed by atoms with Gasteiger partial charge in [-0.3, -0.25) is 14.5 Å². The second kappa shape index (κ2) is 10.0. The first-order chi connectivity index (χ1) is 17.7. The Hall–Kier alpha value is -3.66. The number of aryl methyl sites for hydroxylation is 1. The first kappa shape index (κ1) is 25.0. The number of nitrogens with zero attached hydrogens (tertiary/aromatic N) is 4. The monoisotopic (exact) mass is 511 g/mol. The van der Waals surface area contributed by atoms with E-state index in [-0.39, 0.29) is 23.2 Å². The number of alkyl halides is 3. The number of amides is 2. The molecule has 2 amide bonds. The lowest BCUT2D eigenvalue weighted by Crippen LogP contribution is -2.48. The van der Waals surface area contributed by atoms with Gasteiger partial charge >= 0.3 is 6.18 Å². The van der Waals surface area contributed by atoms with E-state index in [1.807, 2.05) is 17.0 Å². The van der Waals surface area contributed by atoms with Gasteiger partial charge in [0.1, 0.15) is 0 Å². The minimum Gasteiger partial charge on any atom is -0.340 e. The number of imidazole rings is 1. The van der Waals surface area contributed by atoms with Crippen LogP contribution >= 0.6 is 0 Å². The van der Waals surface area contributed by atoms with Crippen LogP contribution in [0.15, 0.2) is 55.0 Å². The van der Waals surface area contributed by atoms with E-state index < -0.39 is 17.6 Å². The van der Waals surface area contributed by atoms with Gasteiger partial charge in [0.25, 0.3) is 5.91 Å². The molecule has 0 atom stereocenters. The summed E-state index contributed by atoms with van der Waals surface area (Å²) in [6, 6.07) is 10.5. The highest BCUT2D eigenvalue weighted by Crippen LogP contribution is 2.33. The number of benzene rings is 2. The van der Waals surface area contributed by atoms with E-state index in [2.05, 4.69) is 15.2 Å². The van der Waals surface area contributed by atoms with Gasteiger partial charge in [-0.15, -0.1) is 0 Å². The molecule has 1 saturated carbocycles. The molecule has 1 aliphatic heterocycles. The number of piperazine rings is 1. The molecule has 0 spiro atoms. The largest absolute Gasteiger partial charge is 0.416 e. The van der Waals surface area contributed by atoms with Crippen molar-refractivity contribution in [2.75, 3.05) is 31.5 Å². The number of halogens is 3. The molecule has 1 aromatic heterocycles. The molecule has 194 valence electrons. The molecule has 5 rings (SSSR count). The van der Waals surface area contributed by atoms with Crippen molar-refractivity contribution >= 4 is 17.5 Å². The third kappa shape index (κ3) is 6.02. The van der Waals surface area contributed by atoms with Crippen LogP contribution in [0.2, 0.25) is 0 Å². The van der Waals surface area contributed by atoms with Crippen LogP contribution in [0.25, 0.3) is 5.69 Å². The fourth-order valence-corrected chi connectivity index (χ4v) is 4.50. The average Bonchev–Trinajstić information content (AvgIpc) is 3.63. The van der Waals surface area contributed by atoms with Crippen molar-refractivity contribution in [3.05, 3.63) is 77.4 Å². The lowest BCUT2D eigenvalue weighted by atomic mass is 10.1. The van der Waals surface area contributed by atoms with Gasteiger partial charge in [0.05, 0.1) is 17.6 Å². The topological polar surface area (TPSA) is 70.5 Å². The molecule has 0 bridgehead atoms. The predicted molar refractivity (Wildman–Crippen MR) is 132 cm³/mol. The van der Waals surface area contributed by atoms with E-state index in [4.69, 9.17) is 0 Å². The fourth-order valence-electron chi connectivity index (χ4n) is 4.50. The van der Waals surface area contributed by atoms with Crippen molar-refractivity contribution < 1.29 is 22.8 Å². The Kier molecular flexibility index (Phi) is 6.76. The Morgan fingerprint density at radius 3 is 2.32 bits per heavy atom. The zero-order chi connectivity index (χ0) is 26.2. The molecule has 0 unspecified atom stereocenters. The molecule has 0 radical (unpaired) electrons. The van der Waals surface area contributed by atoms with Crippen LogP contribution in [0, 0.1) is 12.8 Å². The lowest BCUT2D eigenvalue weighted by molar-refractivity contribution is -0.137. The van der Waals surface area contributed by atoms with E-state index in [9.17, 15) is 22.8 Å². The van der Waals surface area contributed by atoms with Crippen LogP contribution in [0.4, 0.5) is 18.9 Å². The minimum atomic E-state index is -4.57. The van der Waals surface area contributed by atoms with Crippen LogP contribution in [0.3, 0.4) is 0 Å². The van der Waals surface area contributed by atoms with Gasteiger partial charge < -0.3 is 14.8 Å². The van der Waals surface area contributed by atoms with Crippen LogP contribution in [-0.4, -0.2) is 57.3 Å². The smallest absolute Gasteiger partial charge is 0.340 e. The number of carbonyl (C=O) groups excluding carboxylic acids is 2. The minimum absolute atomic E-state index is 0.0453. The molecule has 3 aromatic rings. The van der Waals surface area contributed by atoms with Crippen molar-refractivity contribution in [3.63, 3.8) is 0 Å². The number of nitrogens with one attached hydrogen (secondary N) is 1. The Balaban J connectivity index is 1.23. The molecular formula is C27H28F3N5O2. The van der Waals surface area contributed by atoms with Crippen LogP contribution in [0.5, 0.6) is 0 Å². The van der Waals surface area contributed by atoms with Crippen molar-refractivity contribution in [3.8, 4) is 5.69 Å². The van der Waals surface area contributed by atoms with E-state index in [0.717, 1.165) is 56.7 Å². The predicted octanol–water partition coefficient (Wildman–Crippen LogP) is 4.51. The maximum atomic E-state index is 13.5. The standard InChI is InChI=1S/C27H28F3N5O2/c1-18-15-35(17-31-18)24-13-22(27(28,29)30)12-23(14-24)32-25(36)20-4-2-19(3-5-20)16-33-8-10-34(11-9-33)26(37)21-6-7-21/h2-5,12-15,17,21H,6-11,16H2,1H3,(H,32,36). The molecule has 2 aromatic carbocycles. The summed E-state index contributed by atoms with van der Waals surface area (Å²) < 4.78 is 42.0. The zero-order valence-electron chi connectivity index (χ0n) is 20.5. The molecule has 37 heavy (non-hydrogen) atoms. The third-order valence-electron chi connectivity index (χ3n) is 6.75. The number of rotatable bonds is 6. The van der Waals surface area contributed by atoms with Gasteiger partial charge in [0.15, 0.2) is 0 Å². The summed E-state index contributed by atoms with van der Waals surface area (Å²) in [5.74, 6) is 0.0248. The highest BCUT2D eigenvalue weighted by Gasteiger charge is 2.34. The molecule has 10 heteroatoms. The van der Waals surface area contributed by atoms with Crippen LogP contribution in [-0.2, 0) is 17.5 Å². The maximum absolute atomic E-state index is 13.5. The van der Waals surface area contributed by atoms with Crippen LogP contribution in [0.1, 0.15) is 40.0 Å². The Morgan fingerprint density at radius 1 is 1.03 bits per heavy atom. The zero-order valence-corrected chi connectivity index (χ0v) is 20.5. The van der Waals surface area contributed by atoms with E-state index in [0.29, 0.717) is 17.8 Å². The highest BCUT2D eigenvalue weighted by molar-refractivity contribution is 6.04. The van der Waals surface area contributed by atoms with Gasteiger partial charge in [-0.05, 0) is 55.7 Å². The Labute approximate surface area is 212 Å². The van der Waals surface area contributed by atoms with Gasteiger partial charge in [0.2, 0.25) is 5.91 Å². The van der Waals surface area contributed by atoms with Crippen molar-refractivity contribution in [2.24, 2.45) is 5.92 Å². The summed E-state index contributed by atoms with van der Waals surface area (Å²) in [6.07, 6.45) is 0.504. The van der Waals surface area contributed by atoms with E-state index in [1.54, 1.807) is 25.3 Å². The summed E-state index contributed by atoms with van der Waals surface area (Å²) in [5.41, 5.74) is 1.47. The maximum Gasteiger partial charge on any atom is 0.416 e. The SMILES string of the molecule is Cc1cn(-c2cc(NC(=O)c3ccc(CN4CCN(C(=O)C5CC5)CC4)cc3)cc(C(F)(F)F)c2)cn1. The van der Waals surface area contributed by atoms with Crippen molar-refractivity contribution in [2.45, 2.75) is 32.5 Å². The number of aromatic nitrogens is 2.